The number of methoxy groups -OCH3 is 3. The molecule has 10 heteroatoms. The third-order valence-corrected chi connectivity index (χ3v) is 9.36. The minimum atomic E-state index is -0.726. The van der Waals surface area contributed by atoms with Gasteiger partial charge in [-0.2, -0.15) is 0 Å². The molecule has 1 aliphatic carbocycles. The van der Waals surface area contributed by atoms with E-state index in [-0.39, 0.29) is 30.8 Å². The number of rotatable bonds is 16. The Kier molecular flexibility index (Phi) is 12.5. The number of ether oxygens (including phenoxy) is 4. The number of halogens is 1. The van der Waals surface area contributed by atoms with Gasteiger partial charge in [0, 0.05) is 30.4 Å². The molecule has 48 heavy (non-hydrogen) atoms. The summed E-state index contributed by atoms with van der Waals surface area (Å²) in [5.74, 6) is 1.60. The van der Waals surface area contributed by atoms with E-state index in [9.17, 15) is 14.0 Å². The van der Waals surface area contributed by atoms with Crippen molar-refractivity contribution in [2.75, 3.05) is 45.9 Å². The van der Waals surface area contributed by atoms with Gasteiger partial charge in [0.25, 0.3) is 5.91 Å². The van der Waals surface area contributed by atoms with Crippen LogP contribution in [0.4, 0.5) is 10.1 Å². The summed E-state index contributed by atoms with van der Waals surface area (Å²) in [7, 11) is 4.75. The fourth-order valence-electron chi connectivity index (χ4n) is 6.76. The molecule has 2 N–H and O–H groups in total. The summed E-state index contributed by atoms with van der Waals surface area (Å²) < 4.78 is 36.3. The Morgan fingerprint density at radius 1 is 0.896 bits per heavy atom. The minimum Gasteiger partial charge on any atom is -0.497 e. The highest BCUT2D eigenvalue weighted by Gasteiger charge is 2.28. The number of amides is 2. The Bertz CT molecular complexity index is 1510. The van der Waals surface area contributed by atoms with Gasteiger partial charge in [-0.25, -0.2) is 4.39 Å². The highest BCUT2D eigenvalue weighted by molar-refractivity contribution is 5.97. The molecule has 1 heterocycles. The number of anilines is 1. The lowest BCUT2D eigenvalue weighted by Crippen LogP contribution is -2.53. The standard InChI is InChI=1S/C38H48FN3O6/c1-45-32-11-7-10-29(21-32)37(43)41-35(14-12-26-8-5-4-6-9-26)38(44)40-31(23-42-17-16-28-20-30(39)13-15-36(28)42)25-48-24-27-18-33(46-2)22-34(19-27)47-3/h7,10-11,13,15,18-22,26,31,35H,4-6,8-9,12,14,16-17,23-25H2,1-3H3,(H,40,44)(H,41,43)/t31-,35+/m1/s1. The molecule has 3 aromatic carbocycles. The zero-order chi connectivity index (χ0) is 33.9. The van der Waals surface area contributed by atoms with Crippen molar-refractivity contribution in [3.8, 4) is 17.2 Å². The Morgan fingerprint density at radius 3 is 2.38 bits per heavy atom. The zero-order valence-corrected chi connectivity index (χ0v) is 28.3. The van der Waals surface area contributed by atoms with Gasteiger partial charge in [0.15, 0.2) is 0 Å². The molecule has 2 aliphatic rings. The smallest absolute Gasteiger partial charge is 0.252 e. The Hall–Kier alpha value is -4.31. The second-order valence-corrected chi connectivity index (χ2v) is 12.7. The predicted octanol–water partition coefficient (Wildman–Crippen LogP) is 6.07. The summed E-state index contributed by atoms with van der Waals surface area (Å²) in [4.78, 5) is 29.6. The molecule has 1 saturated carbocycles. The van der Waals surface area contributed by atoms with Gasteiger partial charge >= 0.3 is 0 Å². The minimum absolute atomic E-state index is 0.220. The molecule has 0 spiro atoms. The van der Waals surface area contributed by atoms with E-state index in [1.54, 1.807) is 63.8 Å². The van der Waals surface area contributed by atoms with Crippen LogP contribution in [0.2, 0.25) is 0 Å². The molecular weight excluding hydrogens is 613 g/mol. The number of hydrogen-bond acceptors (Lipinski definition) is 7. The third kappa shape index (κ3) is 9.62. The first kappa shape index (κ1) is 35.0. The van der Waals surface area contributed by atoms with Crippen LogP contribution in [0, 0.1) is 11.7 Å². The normalized spacial score (nSPS) is 15.7. The highest BCUT2D eigenvalue weighted by Crippen LogP contribution is 2.30. The first-order valence-corrected chi connectivity index (χ1v) is 16.9. The average molecular weight is 662 g/mol. The summed E-state index contributed by atoms with van der Waals surface area (Å²) in [6.07, 6.45) is 8.09. The quantitative estimate of drug-likeness (QED) is 0.192. The summed E-state index contributed by atoms with van der Waals surface area (Å²) in [5.41, 5.74) is 3.20. The van der Waals surface area contributed by atoms with E-state index >= 15 is 0 Å². The van der Waals surface area contributed by atoms with Crippen molar-refractivity contribution < 1.29 is 32.9 Å². The largest absolute Gasteiger partial charge is 0.497 e. The molecule has 0 unspecified atom stereocenters. The molecular formula is C38H48FN3O6. The van der Waals surface area contributed by atoms with E-state index in [4.69, 9.17) is 18.9 Å². The first-order valence-electron chi connectivity index (χ1n) is 16.9. The van der Waals surface area contributed by atoms with Crippen molar-refractivity contribution in [3.63, 3.8) is 0 Å². The molecule has 1 fully saturated rings. The number of benzene rings is 3. The van der Waals surface area contributed by atoms with Crippen LogP contribution >= 0.6 is 0 Å². The lowest BCUT2D eigenvalue weighted by atomic mass is 9.85. The summed E-state index contributed by atoms with van der Waals surface area (Å²) >= 11 is 0. The number of fused-ring (bicyclic) bond motifs is 1. The van der Waals surface area contributed by atoms with Crippen LogP contribution in [0.15, 0.2) is 60.7 Å². The van der Waals surface area contributed by atoms with Crippen LogP contribution in [0.25, 0.3) is 0 Å². The van der Waals surface area contributed by atoms with Gasteiger partial charge in [-0.1, -0.05) is 38.2 Å². The van der Waals surface area contributed by atoms with E-state index in [1.165, 1.54) is 25.3 Å². The van der Waals surface area contributed by atoms with Crippen molar-refractivity contribution in [1.82, 2.24) is 10.6 Å². The zero-order valence-electron chi connectivity index (χ0n) is 28.3. The van der Waals surface area contributed by atoms with Crippen LogP contribution in [-0.4, -0.2) is 64.9 Å². The summed E-state index contributed by atoms with van der Waals surface area (Å²) in [6.45, 7) is 1.66. The summed E-state index contributed by atoms with van der Waals surface area (Å²) in [5, 5.41) is 6.24. The van der Waals surface area contributed by atoms with Crippen LogP contribution in [-0.2, 0) is 22.6 Å². The molecule has 1 aliphatic heterocycles. The van der Waals surface area contributed by atoms with Crippen LogP contribution < -0.4 is 29.7 Å². The monoisotopic (exact) mass is 661 g/mol. The van der Waals surface area contributed by atoms with Crippen molar-refractivity contribution in [2.45, 2.75) is 70.1 Å². The molecule has 2 atom stereocenters. The second-order valence-electron chi connectivity index (χ2n) is 12.7. The molecule has 0 bridgehead atoms. The Balaban J connectivity index is 1.32. The SMILES string of the molecule is COc1cc(COC[C@@H](CN2CCc3cc(F)ccc32)NC(=O)[C@H](CCC2CCCCC2)NC(=O)c2cccc(OC)c2)cc(OC)c1. The second kappa shape index (κ2) is 17.2. The van der Waals surface area contributed by atoms with E-state index in [0.29, 0.717) is 48.2 Å². The van der Waals surface area contributed by atoms with Gasteiger partial charge in [0.2, 0.25) is 5.91 Å². The lowest BCUT2D eigenvalue weighted by molar-refractivity contribution is -0.124. The average Bonchev–Trinajstić information content (AvgIpc) is 3.51. The number of carbonyl (C=O) groups excluding carboxylic acids is 2. The van der Waals surface area contributed by atoms with E-state index in [1.807, 2.05) is 12.1 Å². The Labute approximate surface area is 283 Å². The van der Waals surface area contributed by atoms with Gasteiger partial charge in [0.05, 0.1) is 40.6 Å². The van der Waals surface area contributed by atoms with Gasteiger partial charge in [-0.3, -0.25) is 9.59 Å². The van der Waals surface area contributed by atoms with Gasteiger partial charge in [0.1, 0.15) is 29.1 Å². The number of hydrogen-bond donors (Lipinski definition) is 2. The van der Waals surface area contributed by atoms with Gasteiger partial charge < -0.3 is 34.5 Å². The van der Waals surface area contributed by atoms with Crippen molar-refractivity contribution in [1.29, 1.82) is 0 Å². The molecule has 0 radical (unpaired) electrons. The van der Waals surface area contributed by atoms with E-state index < -0.39 is 12.1 Å². The summed E-state index contributed by atoms with van der Waals surface area (Å²) in [6, 6.07) is 16.2. The Morgan fingerprint density at radius 2 is 1.65 bits per heavy atom. The van der Waals surface area contributed by atoms with Crippen LogP contribution in [0.1, 0.15) is 66.4 Å². The van der Waals surface area contributed by atoms with Crippen LogP contribution in [0.5, 0.6) is 17.2 Å². The molecule has 0 saturated heterocycles. The molecule has 3 aromatic rings. The lowest BCUT2D eigenvalue weighted by Gasteiger charge is -2.29. The topological polar surface area (TPSA) is 98.4 Å². The van der Waals surface area contributed by atoms with E-state index in [0.717, 1.165) is 42.5 Å². The molecule has 2 amide bonds. The molecule has 258 valence electrons. The van der Waals surface area contributed by atoms with Gasteiger partial charge in [-0.05, 0) is 84.8 Å². The van der Waals surface area contributed by atoms with Crippen LogP contribution in [0.3, 0.4) is 0 Å². The fraction of sp³-hybridized carbons (Fsp3) is 0.474. The maximum atomic E-state index is 14.1. The van der Waals surface area contributed by atoms with E-state index in [2.05, 4.69) is 15.5 Å². The maximum Gasteiger partial charge on any atom is 0.252 e. The third-order valence-electron chi connectivity index (χ3n) is 9.36. The first-order chi connectivity index (χ1) is 23.3. The van der Waals surface area contributed by atoms with Crippen molar-refractivity contribution in [3.05, 3.63) is 83.2 Å². The molecule has 9 nitrogen and oxygen atoms in total. The van der Waals surface area contributed by atoms with Gasteiger partial charge in [-0.15, -0.1) is 0 Å². The fourth-order valence-corrected chi connectivity index (χ4v) is 6.76. The van der Waals surface area contributed by atoms with Crippen molar-refractivity contribution in [2.24, 2.45) is 5.92 Å². The predicted molar refractivity (Wildman–Crippen MR) is 184 cm³/mol. The number of nitrogens with one attached hydrogen (secondary N) is 2. The molecule has 0 aromatic heterocycles. The number of nitrogens with zero attached hydrogens (tertiary/aromatic N) is 1. The molecule has 5 rings (SSSR count). The number of carbonyl (C=O) groups is 2. The highest BCUT2D eigenvalue weighted by atomic mass is 19.1. The maximum absolute atomic E-state index is 14.1. The van der Waals surface area contributed by atoms with Crippen molar-refractivity contribution >= 4 is 17.5 Å².